The molecule has 2 aliphatic rings. The van der Waals surface area contributed by atoms with E-state index in [2.05, 4.69) is 34.6 Å². The molecular weight excluding hydrogens is 505 g/mol. The molecule has 0 saturated carbocycles. The van der Waals surface area contributed by atoms with Gasteiger partial charge in [0.25, 0.3) is 0 Å². The average Bonchev–Trinajstić information content (AvgIpc) is 3.48. The maximum atomic E-state index is 12.3. The van der Waals surface area contributed by atoms with E-state index in [1.165, 1.54) is 18.4 Å². The third-order valence-corrected chi connectivity index (χ3v) is 5.92. The molecule has 0 aliphatic carbocycles. The van der Waals surface area contributed by atoms with E-state index in [1.807, 2.05) is 17.0 Å². The van der Waals surface area contributed by atoms with Crippen LogP contribution in [0, 0.1) is 0 Å². The van der Waals surface area contributed by atoms with Crippen molar-refractivity contribution in [2.24, 2.45) is 4.99 Å². The Labute approximate surface area is 204 Å². The Morgan fingerprint density at radius 3 is 2.52 bits per heavy atom. The highest BCUT2D eigenvalue weighted by molar-refractivity contribution is 14.0. The summed E-state index contributed by atoms with van der Waals surface area (Å²) >= 11 is 0. The van der Waals surface area contributed by atoms with E-state index >= 15 is 0 Å². The molecule has 7 nitrogen and oxygen atoms in total. The maximum absolute atomic E-state index is 12.3. The van der Waals surface area contributed by atoms with Gasteiger partial charge in [0.1, 0.15) is 5.75 Å². The Morgan fingerprint density at radius 2 is 1.84 bits per heavy atom. The molecule has 2 saturated heterocycles. The lowest BCUT2D eigenvalue weighted by Gasteiger charge is -2.27. The van der Waals surface area contributed by atoms with E-state index in [9.17, 15) is 4.79 Å². The molecule has 1 atom stereocenters. The number of likely N-dealkylation sites (tertiary alicyclic amines) is 2. The molecule has 2 heterocycles. The number of benzene rings is 1. The van der Waals surface area contributed by atoms with Gasteiger partial charge in [-0.3, -0.25) is 14.7 Å². The number of methoxy groups -OCH3 is 1. The predicted molar refractivity (Wildman–Crippen MR) is 136 cm³/mol. The second-order valence-electron chi connectivity index (χ2n) is 8.02. The molecule has 2 aliphatic heterocycles. The highest BCUT2D eigenvalue weighted by atomic mass is 127. The van der Waals surface area contributed by atoms with E-state index in [0.29, 0.717) is 19.5 Å². The van der Waals surface area contributed by atoms with Gasteiger partial charge in [-0.25, -0.2) is 0 Å². The zero-order valence-electron chi connectivity index (χ0n) is 18.9. The Bertz CT molecular complexity index is 703. The largest absolute Gasteiger partial charge is 0.497 e. The van der Waals surface area contributed by atoms with Crippen molar-refractivity contribution in [2.45, 2.75) is 45.1 Å². The number of ether oxygens (including phenoxy) is 1. The SMILES string of the molecule is CCNC(=NCC(c1cccc(OC)c1)N1CCCC1)NCCC(=O)N1CCCC1.I. The van der Waals surface area contributed by atoms with Gasteiger partial charge in [-0.15, -0.1) is 24.0 Å². The first kappa shape index (κ1) is 25.7. The minimum Gasteiger partial charge on any atom is -0.497 e. The quantitative estimate of drug-likeness (QED) is 0.285. The van der Waals surface area contributed by atoms with Crippen LogP contribution in [0.4, 0.5) is 0 Å². The molecule has 1 aromatic carbocycles. The first-order chi connectivity index (χ1) is 14.7. The third-order valence-electron chi connectivity index (χ3n) is 5.92. The van der Waals surface area contributed by atoms with Gasteiger partial charge in [-0.1, -0.05) is 12.1 Å². The lowest BCUT2D eigenvalue weighted by molar-refractivity contribution is -0.129. The van der Waals surface area contributed by atoms with Crippen molar-refractivity contribution in [1.82, 2.24) is 20.4 Å². The fourth-order valence-corrected chi connectivity index (χ4v) is 4.27. The van der Waals surface area contributed by atoms with Crippen molar-refractivity contribution >= 4 is 35.8 Å². The smallest absolute Gasteiger partial charge is 0.224 e. The molecule has 8 heteroatoms. The number of nitrogens with one attached hydrogen (secondary N) is 2. The number of carbonyl (C=O) groups is 1. The first-order valence-corrected chi connectivity index (χ1v) is 11.4. The van der Waals surface area contributed by atoms with Gasteiger partial charge in [0.2, 0.25) is 5.91 Å². The van der Waals surface area contributed by atoms with Crippen molar-refractivity contribution < 1.29 is 9.53 Å². The van der Waals surface area contributed by atoms with Crippen molar-refractivity contribution in [1.29, 1.82) is 0 Å². The lowest BCUT2D eigenvalue weighted by Crippen LogP contribution is -2.40. The van der Waals surface area contributed by atoms with Crippen molar-refractivity contribution in [3.63, 3.8) is 0 Å². The number of nitrogens with zero attached hydrogens (tertiary/aromatic N) is 3. The van der Waals surface area contributed by atoms with Crippen molar-refractivity contribution in [3.8, 4) is 5.75 Å². The van der Waals surface area contributed by atoms with E-state index in [-0.39, 0.29) is 35.9 Å². The number of guanidine groups is 1. The molecule has 2 fully saturated rings. The summed E-state index contributed by atoms with van der Waals surface area (Å²) in [6.07, 6.45) is 5.24. The number of carbonyl (C=O) groups excluding carboxylic acids is 1. The summed E-state index contributed by atoms with van der Waals surface area (Å²) in [5.41, 5.74) is 1.24. The highest BCUT2D eigenvalue weighted by Crippen LogP contribution is 2.27. The van der Waals surface area contributed by atoms with Crippen molar-refractivity contribution in [3.05, 3.63) is 29.8 Å². The predicted octanol–water partition coefficient (Wildman–Crippen LogP) is 3.02. The van der Waals surface area contributed by atoms with Crippen LogP contribution in [0.5, 0.6) is 5.75 Å². The molecule has 2 N–H and O–H groups in total. The van der Waals surface area contributed by atoms with Gasteiger partial charge >= 0.3 is 0 Å². The molecule has 1 unspecified atom stereocenters. The van der Waals surface area contributed by atoms with Crippen LogP contribution in [0.3, 0.4) is 0 Å². The number of halogens is 1. The molecule has 0 aromatic heterocycles. The number of rotatable bonds is 9. The normalized spacial score (nSPS) is 17.9. The lowest BCUT2D eigenvalue weighted by atomic mass is 10.1. The van der Waals surface area contributed by atoms with Gasteiger partial charge in [-0.05, 0) is 63.4 Å². The second kappa shape index (κ2) is 13.8. The van der Waals surface area contributed by atoms with Gasteiger partial charge in [0.05, 0.1) is 19.7 Å². The van der Waals surface area contributed by atoms with Crippen LogP contribution in [0.25, 0.3) is 0 Å². The summed E-state index contributed by atoms with van der Waals surface area (Å²) in [4.78, 5) is 21.6. The van der Waals surface area contributed by atoms with E-state index in [4.69, 9.17) is 9.73 Å². The summed E-state index contributed by atoms with van der Waals surface area (Å²) < 4.78 is 5.43. The van der Waals surface area contributed by atoms with Crippen LogP contribution in [0.1, 0.15) is 50.6 Å². The molecule has 0 spiro atoms. The summed E-state index contributed by atoms with van der Waals surface area (Å²) in [6.45, 7) is 8.15. The molecule has 3 rings (SSSR count). The monoisotopic (exact) mass is 543 g/mol. The Kier molecular flexibility index (Phi) is 11.4. The standard InChI is InChI=1S/C23H37N5O2.HI/c1-3-24-23(25-12-11-22(29)28-15-6-7-16-28)26-18-21(27-13-4-5-14-27)19-9-8-10-20(17-19)30-2;/h8-10,17,21H,3-7,11-16,18H2,1-2H3,(H2,24,25,26);1H. The number of hydrogen-bond acceptors (Lipinski definition) is 4. The Balaban J connectivity index is 0.00000341. The van der Waals surface area contributed by atoms with Crippen LogP contribution >= 0.6 is 24.0 Å². The molecule has 31 heavy (non-hydrogen) atoms. The summed E-state index contributed by atoms with van der Waals surface area (Å²) in [7, 11) is 1.71. The number of aliphatic imine (C=N–C) groups is 1. The van der Waals surface area contributed by atoms with Crippen LogP contribution < -0.4 is 15.4 Å². The topological polar surface area (TPSA) is 69.2 Å². The van der Waals surface area contributed by atoms with Crippen LogP contribution in [-0.2, 0) is 4.79 Å². The Hall–Kier alpha value is -1.55. The van der Waals surface area contributed by atoms with Gasteiger partial charge in [0, 0.05) is 32.6 Å². The zero-order valence-corrected chi connectivity index (χ0v) is 21.3. The minimum atomic E-state index is 0. The Morgan fingerprint density at radius 1 is 1.13 bits per heavy atom. The molecule has 1 aromatic rings. The summed E-state index contributed by atoms with van der Waals surface area (Å²) in [6, 6.07) is 8.54. The van der Waals surface area contributed by atoms with Gasteiger partial charge < -0.3 is 20.3 Å². The number of hydrogen-bond donors (Lipinski definition) is 2. The summed E-state index contributed by atoms with van der Waals surface area (Å²) in [5, 5.41) is 6.66. The summed E-state index contributed by atoms with van der Waals surface area (Å²) in [5.74, 6) is 1.90. The fourth-order valence-electron chi connectivity index (χ4n) is 4.27. The fraction of sp³-hybridized carbons (Fsp3) is 0.652. The molecule has 0 bridgehead atoms. The maximum Gasteiger partial charge on any atom is 0.224 e. The number of amides is 1. The average molecular weight is 543 g/mol. The minimum absolute atomic E-state index is 0. The van der Waals surface area contributed by atoms with Gasteiger partial charge in [-0.2, -0.15) is 0 Å². The van der Waals surface area contributed by atoms with E-state index in [0.717, 1.165) is 57.3 Å². The third kappa shape index (κ3) is 7.82. The van der Waals surface area contributed by atoms with Crippen LogP contribution in [-0.4, -0.2) is 74.6 Å². The molecule has 1 amide bonds. The van der Waals surface area contributed by atoms with Gasteiger partial charge in [0.15, 0.2) is 5.96 Å². The second-order valence-corrected chi connectivity index (χ2v) is 8.02. The molecule has 0 radical (unpaired) electrons. The van der Waals surface area contributed by atoms with E-state index in [1.54, 1.807) is 7.11 Å². The van der Waals surface area contributed by atoms with Crippen LogP contribution in [0.15, 0.2) is 29.3 Å². The first-order valence-electron chi connectivity index (χ1n) is 11.4. The molecule has 174 valence electrons. The van der Waals surface area contributed by atoms with Crippen molar-refractivity contribution in [2.75, 3.05) is 52.9 Å². The zero-order chi connectivity index (χ0) is 21.2. The van der Waals surface area contributed by atoms with Crippen LogP contribution in [0.2, 0.25) is 0 Å². The highest BCUT2D eigenvalue weighted by Gasteiger charge is 2.24. The van der Waals surface area contributed by atoms with E-state index < -0.39 is 0 Å². The molecular formula is C23H38IN5O2.